The molecule has 0 aromatic heterocycles. The van der Waals surface area contributed by atoms with Gasteiger partial charge in [-0.05, 0) is 18.2 Å². The van der Waals surface area contributed by atoms with Crippen molar-refractivity contribution in [1.29, 1.82) is 5.26 Å². The zero-order chi connectivity index (χ0) is 16.4. The predicted octanol–water partition coefficient (Wildman–Crippen LogP) is 0.867. The van der Waals surface area contributed by atoms with Crippen LogP contribution in [-0.2, 0) is 9.53 Å². The van der Waals surface area contributed by atoms with Gasteiger partial charge in [-0.15, -0.1) is 0 Å². The Bertz CT molecular complexity index is 584. The van der Waals surface area contributed by atoms with E-state index >= 15 is 0 Å². The Balaban J connectivity index is 2.55. The summed E-state index contributed by atoms with van der Waals surface area (Å²) in [4.78, 5) is 12.0. The Labute approximate surface area is 133 Å². The molecule has 118 valence electrons. The molecular weight excluding hydrogens is 308 g/mol. The second-order valence-electron chi connectivity index (χ2n) is 4.15. The zero-order valence-corrected chi connectivity index (χ0v) is 12.6. The molecule has 0 aliphatic heterocycles. The van der Waals surface area contributed by atoms with E-state index in [9.17, 15) is 4.79 Å². The molecule has 0 fully saturated rings. The summed E-state index contributed by atoms with van der Waals surface area (Å²) in [6, 6.07) is 6.44. The minimum atomic E-state index is -0.585. The Morgan fingerprint density at radius 2 is 2.27 bits per heavy atom. The zero-order valence-electron chi connectivity index (χ0n) is 11.8. The molecule has 0 saturated carbocycles. The van der Waals surface area contributed by atoms with E-state index in [4.69, 9.17) is 32.4 Å². The van der Waals surface area contributed by atoms with Gasteiger partial charge in [0.25, 0.3) is 5.91 Å². The first-order valence-electron chi connectivity index (χ1n) is 6.47. The van der Waals surface area contributed by atoms with Crippen molar-refractivity contribution in [1.82, 2.24) is 5.32 Å². The largest absolute Gasteiger partial charge is 0.399 e. The molecule has 1 rings (SSSR count). The molecule has 8 heteroatoms. The molecule has 0 unspecified atom stereocenters. The average molecular weight is 325 g/mol. The molecule has 1 aromatic carbocycles. The van der Waals surface area contributed by atoms with Gasteiger partial charge in [-0.3, -0.25) is 4.79 Å². The molecule has 7 nitrogen and oxygen atoms in total. The van der Waals surface area contributed by atoms with Crippen molar-refractivity contribution in [3.63, 3.8) is 0 Å². The maximum Gasteiger partial charge on any atom is 0.267 e. The number of carbonyl (C=O) groups excluding carboxylic acids is 1. The van der Waals surface area contributed by atoms with E-state index < -0.39 is 5.91 Å². The third-order valence-corrected chi connectivity index (χ3v) is 2.79. The molecule has 0 spiro atoms. The van der Waals surface area contributed by atoms with Crippen molar-refractivity contribution in [2.24, 2.45) is 0 Å². The Hall–Kier alpha value is -2.27. The lowest BCUT2D eigenvalue weighted by molar-refractivity contribution is -0.112. The van der Waals surface area contributed by atoms with E-state index in [2.05, 4.69) is 10.6 Å². The predicted molar refractivity (Wildman–Crippen MR) is 84.1 cm³/mol. The first-order valence-corrected chi connectivity index (χ1v) is 6.85. The number of nitrogens with zero attached hydrogens (tertiary/aromatic N) is 1. The smallest absolute Gasteiger partial charge is 0.267 e. The molecular formula is C14H17ClN4O3. The number of benzene rings is 1. The first kappa shape index (κ1) is 17.8. The minimum Gasteiger partial charge on any atom is -0.399 e. The van der Waals surface area contributed by atoms with Crippen LogP contribution in [0.1, 0.15) is 0 Å². The number of rotatable bonds is 8. The van der Waals surface area contributed by atoms with Crippen molar-refractivity contribution in [2.45, 2.75) is 0 Å². The van der Waals surface area contributed by atoms with Crippen LogP contribution in [0, 0.1) is 11.3 Å². The van der Waals surface area contributed by atoms with Crippen LogP contribution in [0.15, 0.2) is 30.0 Å². The third-order valence-electron chi connectivity index (χ3n) is 2.48. The number of nitrogens with one attached hydrogen (secondary N) is 2. The Kier molecular flexibility index (Phi) is 7.78. The molecule has 1 aromatic rings. The van der Waals surface area contributed by atoms with E-state index in [1.165, 1.54) is 12.3 Å². The van der Waals surface area contributed by atoms with Crippen LogP contribution in [-0.4, -0.2) is 37.4 Å². The molecule has 1 amide bonds. The van der Waals surface area contributed by atoms with Gasteiger partial charge in [0.1, 0.15) is 11.6 Å². The van der Waals surface area contributed by atoms with Gasteiger partial charge in [-0.1, -0.05) is 11.6 Å². The van der Waals surface area contributed by atoms with Crippen LogP contribution < -0.4 is 16.4 Å². The second kappa shape index (κ2) is 9.63. The molecule has 0 aliphatic carbocycles. The van der Waals surface area contributed by atoms with Gasteiger partial charge in [0.15, 0.2) is 0 Å². The van der Waals surface area contributed by atoms with E-state index in [1.54, 1.807) is 18.2 Å². The molecule has 0 atom stereocenters. The highest BCUT2D eigenvalue weighted by Crippen LogP contribution is 2.24. The second-order valence-corrected chi connectivity index (χ2v) is 4.56. The molecule has 5 N–H and O–H groups in total. The summed E-state index contributed by atoms with van der Waals surface area (Å²) in [5.74, 6) is -0.585. The summed E-state index contributed by atoms with van der Waals surface area (Å²) >= 11 is 5.95. The van der Waals surface area contributed by atoms with Gasteiger partial charge in [0.05, 0.1) is 30.5 Å². The normalized spacial score (nSPS) is 10.9. The average Bonchev–Trinajstić information content (AvgIpc) is 2.49. The number of nitriles is 1. The molecule has 0 radical (unpaired) electrons. The highest BCUT2D eigenvalue weighted by atomic mass is 35.5. The number of ether oxygens (including phenoxy) is 1. The van der Waals surface area contributed by atoms with E-state index in [-0.39, 0.29) is 23.8 Å². The summed E-state index contributed by atoms with van der Waals surface area (Å²) < 4.78 is 5.03. The third kappa shape index (κ3) is 6.01. The van der Waals surface area contributed by atoms with Crippen LogP contribution in [0.25, 0.3) is 0 Å². The fourth-order valence-corrected chi connectivity index (χ4v) is 1.68. The number of amides is 1. The fourth-order valence-electron chi connectivity index (χ4n) is 1.44. The Morgan fingerprint density at radius 3 is 2.91 bits per heavy atom. The van der Waals surface area contributed by atoms with Crippen molar-refractivity contribution >= 4 is 28.9 Å². The molecule has 0 aliphatic rings. The van der Waals surface area contributed by atoms with Gasteiger partial charge in [-0.2, -0.15) is 5.26 Å². The van der Waals surface area contributed by atoms with Crippen LogP contribution in [0.3, 0.4) is 0 Å². The number of aliphatic hydroxyl groups excluding tert-OH is 1. The molecule has 0 saturated heterocycles. The van der Waals surface area contributed by atoms with Crippen LogP contribution in [0.4, 0.5) is 11.4 Å². The van der Waals surface area contributed by atoms with Crippen molar-refractivity contribution in [3.05, 3.63) is 35.0 Å². The van der Waals surface area contributed by atoms with Gasteiger partial charge < -0.3 is 26.2 Å². The lowest BCUT2D eigenvalue weighted by Gasteiger charge is -2.07. The van der Waals surface area contributed by atoms with E-state index in [1.807, 2.05) is 0 Å². The van der Waals surface area contributed by atoms with Crippen LogP contribution in [0.2, 0.25) is 5.02 Å². The number of nitrogen functional groups attached to an aromatic ring is 1. The van der Waals surface area contributed by atoms with E-state index in [0.717, 1.165) is 0 Å². The topological polar surface area (TPSA) is 120 Å². The SMILES string of the molecule is N#C/C(=C/NCCOCCO)C(=O)Nc1ccc(N)cc1Cl. The number of nitrogens with two attached hydrogens (primary N) is 1. The fraction of sp³-hybridized carbons (Fsp3) is 0.286. The summed E-state index contributed by atoms with van der Waals surface area (Å²) in [7, 11) is 0. The number of aliphatic hydroxyl groups is 1. The highest BCUT2D eigenvalue weighted by Gasteiger charge is 2.11. The number of hydrogen-bond acceptors (Lipinski definition) is 6. The summed E-state index contributed by atoms with van der Waals surface area (Å²) in [5, 5.41) is 23.1. The monoisotopic (exact) mass is 324 g/mol. The van der Waals surface area contributed by atoms with Crippen molar-refractivity contribution < 1.29 is 14.6 Å². The van der Waals surface area contributed by atoms with Gasteiger partial charge in [0, 0.05) is 18.4 Å². The van der Waals surface area contributed by atoms with E-state index in [0.29, 0.717) is 24.5 Å². The number of hydrogen-bond donors (Lipinski definition) is 4. The van der Waals surface area contributed by atoms with Crippen LogP contribution >= 0.6 is 11.6 Å². The van der Waals surface area contributed by atoms with Gasteiger partial charge in [0.2, 0.25) is 0 Å². The molecule has 0 heterocycles. The number of anilines is 2. The highest BCUT2D eigenvalue weighted by molar-refractivity contribution is 6.34. The quantitative estimate of drug-likeness (QED) is 0.244. The van der Waals surface area contributed by atoms with Crippen molar-refractivity contribution in [3.8, 4) is 6.07 Å². The lowest BCUT2D eigenvalue weighted by atomic mass is 10.2. The minimum absolute atomic E-state index is 0.0515. The number of carbonyl (C=O) groups is 1. The molecule has 0 bridgehead atoms. The van der Waals surface area contributed by atoms with Gasteiger partial charge >= 0.3 is 0 Å². The van der Waals surface area contributed by atoms with Gasteiger partial charge in [-0.25, -0.2) is 0 Å². The summed E-state index contributed by atoms with van der Waals surface area (Å²) in [6.45, 7) is 0.943. The lowest BCUT2D eigenvalue weighted by Crippen LogP contribution is -2.19. The summed E-state index contributed by atoms with van der Waals surface area (Å²) in [6.07, 6.45) is 1.29. The van der Waals surface area contributed by atoms with Crippen LogP contribution in [0.5, 0.6) is 0 Å². The summed E-state index contributed by atoms with van der Waals surface area (Å²) in [5.41, 5.74) is 6.30. The van der Waals surface area contributed by atoms with Crippen molar-refractivity contribution in [2.75, 3.05) is 37.4 Å². The maximum absolute atomic E-state index is 12.0. The Morgan fingerprint density at radius 1 is 1.50 bits per heavy atom. The molecule has 22 heavy (non-hydrogen) atoms. The number of halogens is 1. The standard InChI is InChI=1S/C14H17ClN4O3/c15-12-7-11(17)1-2-13(12)19-14(21)10(8-16)9-18-3-5-22-6-4-20/h1-2,7,9,18,20H,3-6,17H2,(H,19,21)/b10-9-. The maximum atomic E-state index is 12.0. The first-order chi connectivity index (χ1) is 10.6.